The molecule has 0 saturated heterocycles. The minimum atomic E-state index is -3.00. The van der Waals surface area contributed by atoms with Crippen molar-refractivity contribution in [1.82, 2.24) is 9.80 Å². The van der Waals surface area contributed by atoms with Crippen molar-refractivity contribution < 1.29 is 13.2 Å². The molecule has 0 aromatic rings. The molecule has 0 aromatic heterocycles. The molecule has 0 N–H and O–H groups in total. The van der Waals surface area contributed by atoms with E-state index in [1.807, 2.05) is 13.8 Å². The van der Waals surface area contributed by atoms with E-state index in [1.165, 1.54) is 11.2 Å². The third-order valence-electron chi connectivity index (χ3n) is 2.16. The molecule has 2 amide bonds. The Kier molecular flexibility index (Phi) is 5.64. The van der Waals surface area contributed by atoms with Gasteiger partial charge in [-0.25, -0.2) is 13.2 Å². The Hall–Kier alpha value is -0.780. The van der Waals surface area contributed by atoms with Crippen molar-refractivity contribution in [2.24, 2.45) is 0 Å². The van der Waals surface area contributed by atoms with Crippen LogP contribution in [0.2, 0.25) is 0 Å². The highest BCUT2D eigenvalue weighted by Gasteiger charge is 2.15. The quantitative estimate of drug-likeness (QED) is 0.695. The van der Waals surface area contributed by atoms with Crippen LogP contribution in [0.5, 0.6) is 0 Å². The highest BCUT2D eigenvalue weighted by atomic mass is 32.2. The van der Waals surface area contributed by atoms with E-state index < -0.39 is 9.84 Å². The van der Waals surface area contributed by atoms with Crippen LogP contribution in [-0.2, 0) is 9.84 Å². The van der Waals surface area contributed by atoms with Gasteiger partial charge in [-0.05, 0) is 13.8 Å². The lowest BCUT2D eigenvalue weighted by molar-refractivity contribution is 0.170. The van der Waals surface area contributed by atoms with Gasteiger partial charge in [0, 0.05) is 32.9 Å². The van der Waals surface area contributed by atoms with Gasteiger partial charge in [0.05, 0.1) is 5.75 Å². The summed E-state index contributed by atoms with van der Waals surface area (Å²) in [5.41, 5.74) is 0. The Balaban J connectivity index is 4.21. The summed E-state index contributed by atoms with van der Waals surface area (Å²) in [6, 6.07) is -0.122. The Morgan fingerprint density at radius 3 is 2.00 bits per heavy atom. The first-order valence-electron chi connectivity index (χ1n) is 4.99. The molecule has 0 aliphatic heterocycles. The molecule has 0 atom stereocenters. The van der Waals surface area contributed by atoms with Gasteiger partial charge >= 0.3 is 6.03 Å². The van der Waals surface area contributed by atoms with Gasteiger partial charge in [0.25, 0.3) is 0 Å². The van der Waals surface area contributed by atoms with Crippen molar-refractivity contribution in [2.45, 2.75) is 13.8 Å². The van der Waals surface area contributed by atoms with Crippen LogP contribution in [0, 0.1) is 0 Å². The van der Waals surface area contributed by atoms with Crippen LogP contribution < -0.4 is 0 Å². The summed E-state index contributed by atoms with van der Waals surface area (Å²) < 4.78 is 21.8. The summed E-state index contributed by atoms with van der Waals surface area (Å²) >= 11 is 0. The molecule has 0 radical (unpaired) electrons. The molecule has 0 fully saturated rings. The van der Waals surface area contributed by atoms with Crippen molar-refractivity contribution in [1.29, 1.82) is 0 Å². The van der Waals surface area contributed by atoms with Crippen LogP contribution in [-0.4, -0.2) is 62.9 Å². The molecule has 0 aliphatic carbocycles. The van der Waals surface area contributed by atoms with Gasteiger partial charge in [0.1, 0.15) is 9.84 Å². The summed E-state index contributed by atoms with van der Waals surface area (Å²) in [5.74, 6) is 0.0104. The second-order valence-electron chi connectivity index (χ2n) is 3.51. The molecule has 0 saturated carbocycles. The fourth-order valence-electron chi connectivity index (χ4n) is 1.13. The minimum absolute atomic E-state index is 0.0104. The predicted octanol–water partition coefficient (Wildman–Crippen LogP) is 0.425. The zero-order valence-corrected chi connectivity index (χ0v) is 10.7. The first-order valence-corrected chi connectivity index (χ1v) is 7.05. The molecule has 6 heteroatoms. The smallest absolute Gasteiger partial charge is 0.319 e. The molecule has 0 aromatic carbocycles. The van der Waals surface area contributed by atoms with Crippen LogP contribution >= 0.6 is 0 Å². The van der Waals surface area contributed by atoms with Gasteiger partial charge in [-0.1, -0.05) is 0 Å². The maximum Gasteiger partial charge on any atom is 0.319 e. The number of hydrogen-bond acceptors (Lipinski definition) is 3. The molecule has 15 heavy (non-hydrogen) atoms. The molecule has 0 heterocycles. The number of urea groups is 1. The lowest BCUT2D eigenvalue weighted by atomic mass is 10.5. The van der Waals surface area contributed by atoms with Gasteiger partial charge in [0.15, 0.2) is 0 Å². The second kappa shape index (κ2) is 5.95. The molecule has 5 nitrogen and oxygen atoms in total. The Bertz CT molecular complexity index is 296. The van der Waals surface area contributed by atoms with Crippen LogP contribution in [0.3, 0.4) is 0 Å². The number of nitrogens with zero attached hydrogens (tertiary/aromatic N) is 2. The van der Waals surface area contributed by atoms with Gasteiger partial charge in [-0.15, -0.1) is 0 Å². The Morgan fingerprint density at radius 2 is 1.67 bits per heavy atom. The van der Waals surface area contributed by atoms with Crippen molar-refractivity contribution in [3.63, 3.8) is 0 Å². The topological polar surface area (TPSA) is 57.7 Å². The summed E-state index contributed by atoms with van der Waals surface area (Å²) in [7, 11) is -1.39. The average molecular weight is 236 g/mol. The summed E-state index contributed by atoms with van der Waals surface area (Å²) in [4.78, 5) is 14.8. The third kappa shape index (κ3) is 5.61. The molecule has 90 valence electrons. The minimum Gasteiger partial charge on any atom is -0.327 e. The van der Waals surface area contributed by atoms with E-state index in [0.717, 1.165) is 0 Å². The predicted molar refractivity (Wildman–Crippen MR) is 60.7 cm³/mol. The monoisotopic (exact) mass is 236 g/mol. The van der Waals surface area contributed by atoms with E-state index in [-0.39, 0.29) is 18.3 Å². The van der Waals surface area contributed by atoms with E-state index >= 15 is 0 Å². The van der Waals surface area contributed by atoms with Gasteiger partial charge < -0.3 is 9.80 Å². The zero-order valence-electron chi connectivity index (χ0n) is 9.86. The molecule has 0 bridgehead atoms. The van der Waals surface area contributed by atoms with Crippen LogP contribution in [0.1, 0.15) is 13.8 Å². The van der Waals surface area contributed by atoms with Crippen molar-refractivity contribution >= 4 is 15.9 Å². The summed E-state index contributed by atoms with van der Waals surface area (Å²) in [6.45, 7) is 5.31. The highest BCUT2D eigenvalue weighted by Crippen LogP contribution is 1.97. The highest BCUT2D eigenvalue weighted by molar-refractivity contribution is 7.90. The molecule has 0 spiro atoms. The molecular weight excluding hydrogens is 216 g/mol. The standard InChI is InChI=1S/C9H20N2O3S/c1-5-11(6-2)9(12)10(3)7-8-15(4,13)14/h5-8H2,1-4H3. The Morgan fingerprint density at radius 1 is 1.20 bits per heavy atom. The lowest BCUT2D eigenvalue weighted by Gasteiger charge is -2.25. The summed E-state index contributed by atoms with van der Waals surface area (Å²) in [5, 5.41) is 0. The van der Waals surface area contributed by atoms with Crippen molar-refractivity contribution in [3.05, 3.63) is 0 Å². The number of amides is 2. The van der Waals surface area contributed by atoms with E-state index in [1.54, 1.807) is 11.9 Å². The fraction of sp³-hybridized carbons (Fsp3) is 0.889. The number of hydrogen-bond donors (Lipinski definition) is 0. The molecular formula is C9H20N2O3S. The number of carbonyl (C=O) groups is 1. The molecule has 0 unspecified atom stereocenters. The normalized spacial score (nSPS) is 11.2. The van der Waals surface area contributed by atoms with Crippen molar-refractivity contribution in [2.75, 3.05) is 38.7 Å². The lowest BCUT2D eigenvalue weighted by Crippen LogP contribution is -2.42. The largest absolute Gasteiger partial charge is 0.327 e. The van der Waals surface area contributed by atoms with Crippen LogP contribution in [0.25, 0.3) is 0 Å². The number of sulfone groups is 1. The van der Waals surface area contributed by atoms with Crippen molar-refractivity contribution in [3.8, 4) is 0 Å². The van der Waals surface area contributed by atoms with E-state index in [9.17, 15) is 13.2 Å². The zero-order chi connectivity index (χ0) is 12.1. The van der Waals surface area contributed by atoms with Crippen LogP contribution in [0.15, 0.2) is 0 Å². The van der Waals surface area contributed by atoms with Gasteiger partial charge in [-0.3, -0.25) is 0 Å². The average Bonchev–Trinajstić information content (AvgIpc) is 2.14. The number of rotatable bonds is 5. The summed E-state index contributed by atoms with van der Waals surface area (Å²) in [6.07, 6.45) is 1.17. The SMILES string of the molecule is CCN(CC)C(=O)N(C)CCS(C)(=O)=O. The second-order valence-corrected chi connectivity index (χ2v) is 5.77. The first-order chi connectivity index (χ1) is 6.81. The molecule has 0 aliphatic rings. The first kappa shape index (κ1) is 14.2. The van der Waals surface area contributed by atoms with E-state index in [4.69, 9.17) is 0 Å². The van der Waals surface area contributed by atoms with Crippen LogP contribution in [0.4, 0.5) is 4.79 Å². The fourth-order valence-corrected chi connectivity index (χ4v) is 1.74. The molecule has 0 rings (SSSR count). The van der Waals surface area contributed by atoms with Gasteiger partial charge in [0.2, 0.25) is 0 Å². The van der Waals surface area contributed by atoms with E-state index in [0.29, 0.717) is 13.1 Å². The Labute approximate surface area is 92.0 Å². The maximum absolute atomic E-state index is 11.7. The number of carbonyl (C=O) groups excluding carboxylic acids is 1. The van der Waals surface area contributed by atoms with E-state index in [2.05, 4.69) is 0 Å². The maximum atomic E-state index is 11.7. The third-order valence-corrected chi connectivity index (χ3v) is 3.08. The van der Waals surface area contributed by atoms with Gasteiger partial charge in [-0.2, -0.15) is 0 Å².